The Balaban J connectivity index is 1.88. The summed E-state index contributed by atoms with van der Waals surface area (Å²) in [5, 5.41) is 19.0. The summed E-state index contributed by atoms with van der Waals surface area (Å²) in [5.41, 5.74) is 6.70. The summed E-state index contributed by atoms with van der Waals surface area (Å²) in [4.78, 5) is 15.7. The Labute approximate surface area is 154 Å². The van der Waals surface area contributed by atoms with Crippen LogP contribution in [0.2, 0.25) is 0 Å². The highest BCUT2D eigenvalue weighted by atomic mass is 19.1. The lowest BCUT2D eigenvalue weighted by Gasteiger charge is -2.12. The maximum atomic E-state index is 12.9. The molecular formula is C20H17FN2O4. The van der Waals surface area contributed by atoms with Crippen LogP contribution in [0.4, 0.5) is 4.39 Å². The lowest BCUT2D eigenvalue weighted by Crippen LogP contribution is -2.15. The summed E-state index contributed by atoms with van der Waals surface area (Å²) in [6.45, 7) is -0.494. The summed E-state index contributed by atoms with van der Waals surface area (Å²) in [5.74, 6) is -0.0585. The molecule has 138 valence electrons. The van der Waals surface area contributed by atoms with Gasteiger partial charge in [-0.25, -0.2) is 9.37 Å². The Morgan fingerprint density at radius 2 is 1.67 bits per heavy atom. The van der Waals surface area contributed by atoms with Gasteiger partial charge in [-0.2, -0.15) is 0 Å². The highest BCUT2D eigenvalue weighted by Gasteiger charge is 2.14. The molecule has 3 rings (SSSR count). The van der Waals surface area contributed by atoms with E-state index in [1.807, 2.05) is 0 Å². The SMILES string of the molecule is NC(=O)c1cc([C@H](O)CO)cc(-c2ccc(Oc3ccc(F)cc3)cc2)n1. The number of hydrogen-bond acceptors (Lipinski definition) is 5. The van der Waals surface area contributed by atoms with Gasteiger partial charge < -0.3 is 20.7 Å². The topological polar surface area (TPSA) is 106 Å². The first-order chi connectivity index (χ1) is 13.0. The number of carbonyl (C=O) groups is 1. The van der Waals surface area contributed by atoms with Gasteiger partial charge in [-0.15, -0.1) is 0 Å². The van der Waals surface area contributed by atoms with Crippen LogP contribution < -0.4 is 10.5 Å². The van der Waals surface area contributed by atoms with Gasteiger partial charge in [0.1, 0.15) is 29.1 Å². The molecule has 0 fully saturated rings. The standard InChI is InChI=1S/C20H17FN2O4/c21-14-3-7-16(8-4-14)27-15-5-1-12(2-6-15)17-9-13(19(25)11-24)10-18(23-17)20(22)26/h1-10,19,24-25H,11H2,(H2,22,26)/t19-/m1/s1. The van der Waals surface area contributed by atoms with Gasteiger partial charge in [0.25, 0.3) is 5.91 Å². The van der Waals surface area contributed by atoms with Gasteiger partial charge in [0.15, 0.2) is 0 Å². The van der Waals surface area contributed by atoms with Gasteiger partial charge in [-0.05, 0) is 66.2 Å². The van der Waals surface area contributed by atoms with E-state index in [2.05, 4.69) is 4.98 Å². The molecule has 6 nitrogen and oxygen atoms in total. The molecule has 0 spiro atoms. The Hall–Kier alpha value is -3.29. The Kier molecular flexibility index (Phi) is 5.44. The number of ether oxygens (including phenoxy) is 1. The molecule has 0 radical (unpaired) electrons. The van der Waals surface area contributed by atoms with E-state index in [0.717, 1.165) is 0 Å². The zero-order chi connectivity index (χ0) is 19.4. The van der Waals surface area contributed by atoms with E-state index in [0.29, 0.717) is 28.3 Å². The lowest BCUT2D eigenvalue weighted by molar-refractivity contribution is 0.0948. The molecule has 1 aromatic heterocycles. The fourth-order valence-corrected chi connectivity index (χ4v) is 2.46. The smallest absolute Gasteiger partial charge is 0.267 e. The number of amides is 1. The summed E-state index contributed by atoms with van der Waals surface area (Å²) in [6, 6.07) is 15.4. The fraction of sp³-hybridized carbons (Fsp3) is 0.100. The minimum atomic E-state index is -1.15. The van der Waals surface area contributed by atoms with E-state index in [1.165, 1.54) is 30.3 Å². The third-order valence-electron chi connectivity index (χ3n) is 3.86. The van der Waals surface area contributed by atoms with E-state index in [1.54, 1.807) is 30.3 Å². The first kappa shape index (κ1) is 18.5. The number of aliphatic hydroxyl groups is 2. The van der Waals surface area contributed by atoms with Crippen molar-refractivity contribution in [2.75, 3.05) is 6.61 Å². The molecule has 1 heterocycles. The molecule has 2 aromatic carbocycles. The Morgan fingerprint density at radius 3 is 2.22 bits per heavy atom. The minimum Gasteiger partial charge on any atom is -0.457 e. The zero-order valence-electron chi connectivity index (χ0n) is 14.2. The molecule has 0 bridgehead atoms. The number of pyridine rings is 1. The van der Waals surface area contributed by atoms with Crippen molar-refractivity contribution in [1.82, 2.24) is 4.98 Å². The molecule has 0 saturated heterocycles. The summed E-state index contributed by atoms with van der Waals surface area (Å²) in [7, 11) is 0. The summed E-state index contributed by atoms with van der Waals surface area (Å²) >= 11 is 0. The van der Waals surface area contributed by atoms with Gasteiger partial charge in [-0.3, -0.25) is 4.79 Å². The summed E-state index contributed by atoms with van der Waals surface area (Å²) in [6.07, 6.45) is -1.15. The highest BCUT2D eigenvalue weighted by Crippen LogP contribution is 2.27. The third-order valence-corrected chi connectivity index (χ3v) is 3.86. The lowest BCUT2D eigenvalue weighted by atomic mass is 10.0. The number of carbonyl (C=O) groups excluding carboxylic acids is 1. The van der Waals surface area contributed by atoms with E-state index in [-0.39, 0.29) is 11.5 Å². The predicted octanol–water partition coefficient (Wildman–Crippen LogP) is 2.80. The van der Waals surface area contributed by atoms with Crippen molar-refractivity contribution in [2.24, 2.45) is 5.73 Å². The van der Waals surface area contributed by atoms with Crippen LogP contribution in [0.3, 0.4) is 0 Å². The molecule has 0 aliphatic heterocycles. The second kappa shape index (κ2) is 7.94. The molecule has 27 heavy (non-hydrogen) atoms. The van der Waals surface area contributed by atoms with Crippen molar-refractivity contribution in [3.8, 4) is 22.8 Å². The normalized spacial score (nSPS) is 11.8. The van der Waals surface area contributed by atoms with E-state index < -0.39 is 18.6 Å². The van der Waals surface area contributed by atoms with Crippen LogP contribution >= 0.6 is 0 Å². The second-order valence-electron chi connectivity index (χ2n) is 5.81. The summed E-state index contributed by atoms with van der Waals surface area (Å²) < 4.78 is 18.6. The third kappa shape index (κ3) is 4.46. The van der Waals surface area contributed by atoms with Crippen LogP contribution in [0.25, 0.3) is 11.3 Å². The van der Waals surface area contributed by atoms with Crippen molar-refractivity contribution in [3.05, 3.63) is 77.7 Å². The monoisotopic (exact) mass is 368 g/mol. The van der Waals surface area contributed by atoms with Gasteiger partial charge in [0, 0.05) is 5.56 Å². The molecule has 0 aliphatic carbocycles. The van der Waals surface area contributed by atoms with E-state index in [9.17, 15) is 14.3 Å². The number of rotatable bonds is 6. The van der Waals surface area contributed by atoms with Gasteiger partial charge in [0.2, 0.25) is 0 Å². The fourth-order valence-electron chi connectivity index (χ4n) is 2.46. The van der Waals surface area contributed by atoms with Crippen LogP contribution in [0, 0.1) is 5.82 Å². The van der Waals surface area contributed by atoms with Crippen molar-refractivity contribution < 1.29 is 24.1 Å². The predicted molar refractivity (Wildman–Crippen MR) is 96.7 cm³/mol. The van der Waals surface area contributed by atoms with Crippen LogP contribution in [0.5, 0.6) is 11.5 Å². The largest absolute Gasteiger partial charge is 0.457 e. The maximum absolute atomic E-state index is 12.9. The first-order valence-corrected chi connectivity index (χ1v) is 8.11. The average Bonchev–Trinajstić information content (AvgIpc) is 2.69. The molecule has 1 atom stereocenters. The zero-order valence-corrected chi connectivity index (χ0v) is 14.2. The van der Waals surface area contributed by atoms with Gasteiger partial charge in [-0.1, -0.05) is 0 Å². The van der Waals surface area contributed by atoms with E-state index >= 15 is 0 Å². The minimum absolute atomic E-state index is 0.0124. The molecule has 4 N–H and O–H groups in total. The number of nitrogens with zero attached hydrogens (tertiary/aromatic N) is 1. The Bertz CT molecular complexity index is 943. The molecular weight excluding hydrogens is 351 g/mol. The first-order valence-electron chi connectivity index (χ1n) is 8.11. The maximum Gasteiger partial charge on any atom is 0.267 e. The number of primary amides is 1. The quantitative estimate of drug-likeness (QED) is 0.620. The van der Waals surface area contributed by atoms with Crippen molar-refractivity contribution in [2.45, 2.75) is 6.10 Å². The molecule has 7 heteroatoms. The van der Waals surface area contributed by atoms with Crippen molar-refractivity contribution in [3.63, 3.8) is 0 Å². The number of hydrogen-bond donors (Lipinski definition) is 3. The van der Waals surface area contributed by atoms with E-state index in [4.69, 9.17) is 15.6 Å². The van der Waals surface area contributed by atoms with Gasteiger partial charge >= 0.3 is 0 Å². The number of aromatic nitrogens is 1. The van der Waals surface area contributed by atoms with Crippen LogP contribution in [-0.4, -0.2) is 27.7 Å². The number of halogens is 1. The second-order valence-corrected chi connectivity index (χ2v) is 5.81. The number of aliphatic hydroxyl groups excluding tert-OH is 2. The number of nitrogens with two attached hydrogens (primary N) is 1. The van der Waals surface area contributed by atoms with Gasteiger partial charge in [0.05, 0.1) is 12.3 Å². The molecule has 3 aromatic rings. The molecule has 0 aliphatic rings. The molecule has 0 unspecified atom stereocenters. The molecule has 1 amide bonds. The van der Waals surface area contributed by atoms with Crippen LogP contribution in [0.15, 0.2) is 60.7 Å². The Morgan fingerprint density at radius 1 is 1.07 bits per heavy atom. The van der Waals surface area contributed by atoms with Crippen molar-refractivity contribution >= 4 is 5.91 Å². The molecule has 0 saturated carbocycles. The number of benzene rings is 2. The van der Waals surface area contributed by atoms with Crippen LogP contribution in [0.1, 0.15) is 22.2 Å². The highest BCUT2D eigenvalue weighted by molar-refractivity contribution is 5.91. The average molecular weight is 368 g/mol. The van der Waals surface area contributed by atoms with Crippen molar-refractivity contribution in [1.29, 1.82) is 0 Å². The van der Waals surface area contributed by atoms with Crippen LogP contribution in [-0.2, 0) is 0 Å².